The second-order valence-corrected chi connectivity index (χ2v) is 5.60. The molecular weight excluding hydrogens is 172 g/mol. The van der Waals surface area contributed by atoms with Crippen molar-refractivity contribution in [2.24, 2.45) is 16.7 Å². The molecule has 0 radical (unpaired) electrons. The second-order valence-electron chi connectivity index (χ2n) is 5.60. The smallest absolute Gasteiger partial charge is 0.143 e. The summed E-state index contributed by atoms with van der Waals surface area (Å²) in [4.78, 5) is 12.1. The van der Waals surface area contributed by atoms with Gasteiger partial charge in [-0.15, -0.1) is 0 Å². The second kappa shape index (κ2) is 2.32. The minimum atomic E-state index is -0.131. The first kappa shape index (κ1) is 8.70. The van der Waals surface area contributed by atoms with Gasteiger partial charge < -0.3 is 0 Å². The van der Waals surface area contributed by atoms with E-state index in [2.05, 4.69) is 13.5 Å². The fourth-order valence-electron chi connectivity index (χ4n) is 4.56. The van der Waals surface area contributed by atoms with Crippen LogP contribution in [0.15, 0.2) is 12.2 Å². The molecular formula is C13H18O. The van der Waals surface area contributed by atoms with E-state index in [1.54, 1.807) is 0 Å². The van der Waals surface area contributed by atoms with Crippen LogP contribution in [-0.4, -0.2) is 5.78 Å². The van der Waals surface area contributed by atoms with Gasteiger partial charge in [-0.3, -0.25) is 4.79 Å². The third-order valence-corrected chi connectivity index (χ3v) is 5.52. The van der Waals surface area contributed by atoms with Crippen LogP contribution in [0, 0.1) is 16.7 Å². The van der Waals surface area contributed by atoms with E-state index in [0.29, 0.717) is 17.1 Å². The van der Waals surface area contributed by atoms with Crippen LogP contribution in [-0.2, 0) is 4.79 Å². The third kappa shape index (κ3) is 0.656. The summed E-state index contributed by atoms with van der Waals surface area (Å²) < 4.78 is 0. The van der Waals surface area contributed by atoms with Crippen molar-refractivity contribution in [2.75, 3.05) is 0 Å². The predicted molar refractivity (Wildman–Crippen MR) is 55.9 cm³/mol. The lowest BCUT2D eigenvalue weighted by Crippen LogP contribution is -2.36. The van der Waals surface area contributed by atoms with E-state index < -0.39 is 0 Å². The molecule has 14 heavy (non-hydrogen) atoms. The maximum Gasteiger partial charge on any atom is 0.143 e. The van der Waals surface area contributed by atoms with Gasteiger partial charge in [0.1, 0.15) is 5.78 Å². The Morgan fingerprint density at radius 3 is 3.00 bits per heavy atom. The van der Waals surface area contributed by atoms with Crippen LogP contribution in [0.3, 0.4) is 0 Å². The summed E-state index contributed by atoms with van der Waals surface area (Å²) in [5.41, 5.74) is 1.45. The lowest BCUT2D eigenvalue weighted by molar-refractivity contribution is -0.125. The Balaban J connectivity index is 2.17. The summed E-state index contributed by atoms with van der Waals surface area (Å²) >= 11 is 0. The minimum absolute atomic E-state index is 0.131. The average Bonchev–Trinajstić information content (AvgIpc) is 2.71. The molecule has 1 heteroatoms. The Hall–Kier alpha value is -0.590. The first-order chi connectivity index (χ1) is 6.61. The van der Waals surface area contributed by atoms with Crippen LogP contribution >= 0.6 is 0 Å². The molecule has 0 aromatic carbocycles. The van der Waals surface area contributed by atoms with Gasteiger partial charge in [0.25, 0.3) is 0 Å². The molecule has 1 nitrogen and oxygen atoms in total. The van der Waals surface area contributed by atoms with Crippen molar-refractivity contribution in [1.29, 1.82) is 0 Å². The molecule has 0 N–H and O–H groups in total. The molecule has 3 fully saturated rings. The summed E-state index contributed by atoms with van der Waals surface area (Å²) in [6.07, 6.45) is 7.07. The monoisotopic (exact) mass is 190 g/mol. The molecule has 1 spiro atoms. The summed E-state index contributed by atoms with van der Waals surface area (Å²) in [6.45, 7) is 6.33. The molecule has 0 heterocycles. The number of hydrogen-bond donors (Lipinski definition) is 0. The number of allylic oxidation sites excluding steroid dienone is 1. The standard InChI is InChI=1S/C13H18O/c1-9-5-7-13-6-3-4-10(13)8-11(14)12(9,13)2/h10H,1,3-8H2,2H3/t10-,12-,13+/m0/s1. The molecule has 3 atom stereocenters. The molecule has 0 aromatic heterocycles. The SMILES string of the molecule is C=C1CC[C@]23CCC[C@H]2CC(=O)[C@]13C. The fourth-order valence-corrected chi connectivity index (χ4v) is 4.56. The van der Waals surface area contributed by atoms with Gasteiger partial charge in [-0.25, -0.2) is 0 Å². The molecule has 3 aliphatic rings. The number of carbonyl (C=O) groups excluding carboxylic acids is 1. The zero-order valence-electron chi connectivity index (χ0n) is 8.94. The van der Waals surface area contributed by atoms with Gasteiger partial charge in [-0.05, 0) is 43.9 Å². The molecule has 3 rings (SSSR count). The van der Waals surface area contributed by atoms with E-state index in [1.807, 2.05) is 0 Å². The summed E-state index contributed by atoms with van der Waals surface area (Å²) in [6, 6.07) is 0. The molecule has 3 saturated carbocycles. The van der Waals surface area contributed by atoms with Crippen LogP contribution in [0.4, 0.5) is 0 Å². The maximum atomic E-state index is 12.1. The van der Waals surface area contributed by atoms with Crippen molar-refractivity contribution in [3.8, 4) is 0 Å². The van der Waals surface area contributed by atoms with E-state index in [-0.39, 0.29) is 5.41 Å². The quantitative estimate of drug-likeness (QED) is 0.536. The van der Waals surface area contributed by atoms with Crippen molar-refractivity contribution >= 4 is 5.78 Å². The summed E-state index contributed by atoms with van der Waals surface area (Å²) in [5.74, 6) is 1.18. The molecule has 0 amide bonds. The van der Waals surface area contributed by atoms with Gasteiger partial charge in [0.05, 0.1) is 5.41 Å². The van der Waals surface area contributed by atoms with E-state index >= 15 is 0 Å². The fraction of sp³-hybridized carbons (Fsp3) is 0.769. The van der Waals surface area contributed by atoms with Gasteiger partial charge >= 0.3 is 0 Å². The molecule has 0 saturated heterocycles. The summed E-state index contributed by atoms with van der Waals surface area (Å²) in [5, 5.41) is 0. The zero-order chi connectivity index (χ0) is 9.97. The third-order valence-electron chi connectivity index (χ3n) is 5.52. The topological polar surface area (TPSA) is 17.1 Å². The Labute approximate surface area is 85.6 Å². The number of ketones is 1. The Morgan fingerprint density at radius 1 is 1.43 bits per heavy atom. The molecule has 0 aliphatic heterocycles. The predicted octanol–water partition coefficient (Wildman–Crippen LogP) is 3.10. The molecule has 3 aliphatic carbocycles. The van der Waals surface area contributed by atoms with E-state index in [0.717, 1.165) is 12.8 Å². The lowest BCUT2D eigenvalue weighted by atomic mass is 9.65. The zero-order valence-corrected chi connectivity index (χ0v) is 8.94. The maximum absolute atomic E-state index is 12.1. The Kier molecular flexibility index (Phi) is 1.44. The van der Waals surface area contributed by atoms with Crippen molar-refractivity contribution in [2.45, 2.75) is 45.4 Å². The summed E-state index contributed by atoms with van der Waals surface area (Å²) in [7, 11) is 0. The first-order valence-corrected chi connectivity index (χ1v) is 5.83. The molecule has 0 aromatic rings. The average molecular weight is 190 g/mol. The van der Waals surface area contributed by atoms with E-state index in [9.17, 15) is 4.79 Å². The van der Waals surface area contributed by atoms with Crippen molar-refractivity contribution < 1.29 is 4.79 Å². The first-order valence-electron chi connectivity index (χ1n) is 5.83. The highest BCUT2D eigenvalue weighted by molar-refractivity contribution is 5.92. The normalized spacial score (nSPS) is 51.1. The van der Waals surface area contributed by atoms with Gasteiger partial charge in [0, 0.05) is 6.42 Å². The van der Waals surface area contributed by atoms with Crippen LogP contribution in [0.2, 0.25) is 0 Å². The lowest BCUT2D eigenvalue weighted by Gasteiger charge is -2.37. The highest BCUT2D eigenvalue weighted by Crippen LogP contribution is 2.70. The molecule has 76 valence electrons. The van der Waals surface area contributed by atoms with Crippen molar-refractivity contribution in [3.05, 3.63) is 12.2 Å². The Bertz CT molecular complexity index is 330. The van der Waals surface area contributed by atoms with Crippen LogP contribution in [0.1, 0.15) is 45.4 Å². The molecule has 0 unspecified atom stereocenters. The number of hydrogen-bond acceptors (Lipinski definition) is 1. The van der Waals surface area contributed by atoms with Gasteiger partial charge in [-0.1, -0.05) is 18.6 Å². The van der Waals surface area contributed by atoms with Gasteiger partial charge in [0.15, 0.2) is 0 Å². The van der Waals surface area contributed by atoms with Crippen LogP contribution in [0.5, 0.6) is 0 Å². The molecule has 0 bridgehead atoms. The minimum Gasteiger partial charge on any atom is -0.299 e. The number of carbonyl (C=O) groups is 1. The van der Waals surface area contributed by atoms with E-state index in [1.165, 1.54) is 31.3 Å². The number of Topliss-reactive ketones (excluding diaryl/α,β-unsaturated/α-hetero) is 1. The van der Waals surface area contributed by atoms with E-state index in [4.69, 9.17) is 0 Å². The Morgan fingerprint density at radius 2 is 2.21 bits per heavy atom. The van der Waals surface area contributed by atoms with Crippen molar-refractivity contribution in [1.82, 2.24) is 0 Å². The highest BCUT2D eigenvalue weighted by atomic mass is 16.1. The van der Waals surface area contributed by atoms with Crippen LogP contribution < -0.4 is 0 Å². The number of rotatable bonds is 0. The largest absolute Gasteiger partial charge is 0.299 e. The highest BCUT2D eigenvalue weighted by Gasteiger charge is 2.67. The van der Waals surface area contributed by atoms with Gasteiger partial charge in [-0.2, -0.15) is 0 Å². The van der Waals surface area contributed by atoms with Crippen molar-refractivity contribution in [3.63, 3.8) is 0 Å². The van der Waals surface area contributed by atoms with Gasteiger partial charge in [0.2, 0.25) is 0 Å². The van der Waals surface area contributed by atoms with Crippen LogP contribution in [0.25, 0.3) is 0 Å².